The lowest BCUT2D eigenvalue weighted by Gasteiger charge is -2.22. The van der Waals surface area contributed by atoms with Gasteiger partial charge in [-0.25, -0.2) is 18.6 Å². The highest BCUT2D eigenvalue weighted by atomic mass is 35.5. The second-order valence-electron chi connectivity index (χ2n) is 8.07. The number of carboxylic acid groups (broad SMARTS) is 1. The van der Waals surface area contributed by atoms with Crippen LogP contribution in [-0.2, 0) is 0 Å². The molecule has 36 heavy (non-hydrogen) atoms. The third-order valence-corrected chi connectivity index (χ3v) is 6.52. The van der Waals surface area contributed by atoms with Crippen LogP contribution in [0, 0.1) is 11.6 Å². The van der Waals surface area contributed by atoms with Gasteiger partial charge >= 0.3 is 5.97 Å². The number of rotatable bonds is 5. The Bertz CT molecular complexity index is 1550. The molecule has 10 heteroatoms. The van der Waals surface area contributed by atoms with Gasteiger partial charge in [0.2, 0.25) is 0 Å². The molecule has 0 unspecified atom stereocenters. The SMILES string of the molecule is CC1=NCCN1c1ccccc1-c1nc(C(=O)O)c(-c2ccc(F)c(Cl)c2)n1-c1cccc(Cl)c1F. The number of nitrogens with zero attached hydrogens (tertiary/aromatic N) is 4. The van der Waals surface area contributed by atoms with E-state index >= 15 is 4.39 Å². The first-order valence-corrected chi connectivity index (χ1v) is 11.7. The molecule has 0 saturated heterocycles. The minimum absolute atomic E-state index is 0.0189. The van der Waals surface area contributed by atoms with Crippen LogP contribution in [0.1, 0.15) is 17.4 Å². The zero-order chi connectivity index (χ0) is 25.6. The molecule has 0 fully saturated rings. The van der Waals surface area contributed by atoms with Crippen LogP contribution in [-0.4, -0.2) is 39.6 Å². The van der Waals surface area contributed by atoms with Crippen LogP contribution in [0.4, 0.5) is 14.5 Å². The van der Waals surface area contributed by atoms with Crippen LogP contribution in [0.2, 0.25) is 10.0 Å². The molecule has 4 aromatic rings. The third kappa shape index (κ3) is 4.02. The molecular formula is C26H18Cl2F2N4O2. The lowest BCUT2D eigenvalue weighted by molar-refractivity contribution is 0.0692. The lowest BCUT2D eigenvalue weighted by atomic mass is 10.1. The van der Waals surface area contributed by atoms with Crippen LogP contribution >= 0.6 is 23.2 Å². The number of anilines is 1. The standard InChI is InChI=1S/C26H18Cl2F2N4O2/c1-14-31-11-12-33(14)20-7-3-2-5-16(20)25-32-23(26(35)36)24(15-9-10-19(29)18(28)13-15)34(25)21-8-4-6-17(27)22(21)30/h2-10,13H,11-12H2,1H3,(H,35,36). The zero-order valence-electron chi connectivity index (χ0n) is 18.8. The molecule has 1 aliphatic heterocycles. The molecule has 0 bridgehead atoms. The first-order chi connectivity index (χ1) is 17.3. The van der Waals surface area contributed by atoms with Crippen LogP contribution in [0.3, 0.4) is 0 Å². The minimum atomic E-state index is -1.34. The van der Waals surface area contributed by atoms with Gasteiger partial charge in [0.05, 0.1) is 33.7 Å². The van der Waals surface area contributed by atoms with Gasteiger partial charge < -0.3 is 10.0 Å². The molecule has 3 aromatic carbocycles. The van der Waals surface area contributed by atoms with Crippen LogP contribution in [0.5, 0.6) is 0 Å². The van der Waals surface area contributed by atoms with E-state index in [0.717, 1.165) is 17.6 Å². The summed E-state index contributed by atoms with van der Waals surface area (Å²) in [5.74, 6) is -1.82. The molecule has 0 saturated carbocycles. The molecule has 2 heterocycles. The smallest absolute Gasteiger partial charge is 0.356 e. The van der Waals surface area contributed by atoms with Gasteiger partial charge in [-0.15, -0.1) is 0 Å². The maximum atomic E-state index is 15.5. The summed E-state index contributed by atoms with van der Waals surface area (Å²) < 4.78 is 30.8. The van der Waals surface area contributed by atoms with Crippen molar-refractivity contribution in [3.8, 4) is 28.3 Å². The number of para-hydroxylation sites is 1. The number of aromatic nitrogens is 2. The summed E-state index contributed by atoms with van der Waals surface area (Å²) in [6.07, 6.45) is 0. The van der Waals surface area contributed by atoms with E-state index in [4.69, 9.17) is 23.2 Å². The van der Waals surface area contributed by atoms with Crippen molar-refractivity contribution in [2.24, 2.45) is 4.99 Å². The Kier molecular flexibility index (Phi) is 6.24. The highest BCUT2D eigenvalue weighted by molar-refractivity contribution is 6.31. The molecule has 1 N–H and O–H groups in total. The molecule has 0 aliphatic carbocycles. The van der Waals surface area contributed by atoms with Gasteiger partial charge in [0, 0.05) is 17.7 Å². The maximum absolute atomic E-state index is 15.5. The highest BCUT2D eigenvalue weighted by Crippen LogP contribution is 2.40. The third-order valence-electron chi connectivity index (χ3n) is 5.94. The fraction of sp³-hybridized carbons (Fsp3) is 0.115. The molecule has 5 rings (SSSR count). The zero-order valence-corrected chi connectivity index (χ0v) is 20.4. The summed E-state index contributed by atoms with van der Waals surface area (Å²) in [4.78, 5) is 23.3. The van der Waals surface area contributed by atoms with Crippen molar-refractivity contribution in [3.63, 3.8) is 0 Å². The number of halogens is 4. The largest absolute Gasteiger partial charge is 0.476 e. The molecule has 0 radical (unpaired) electrons. The predicted molar refractivity (Wildman–Crippen MR) is 137 cm³/mol. The number of hydrogen-bond donors (Lipinski definition) is 1. The van der Waals surface area contributed by atoms with E-state index in [0.29, 0.717) is 18.7 Å². The van der Waals surface area contributed by atoms with Crippen molar-refractivity contribution in [1.29, 1.82) is 0 Å². The number of carboxylic acids is 1. The molecule has 1 aliphatic rings. The number of imidazole rings is 1. The van der Waals surface area contributed by atoms with Gasteiger partial charge in [-0.1, -0.05) is 41.4 Å². The van der Waals surface area contributed by atoms with Crippen LogP contribution < -0.4 is 4.90 Å². The number of hydrogen-bond acceptors (Lipinski definition) is 4. The fourth-order valence-electron chi connectivity index (χ4n) is 4.31. The second-order valence-corrected chi connectivity index (χ2v) is 8.89. The van der Waals surface area contributed by atoms with E-state index in [1.165, 1.54) is 28.8 Å². The van der Waals surface area contributed by atoms with Gasteiger partial charge in [0.1, 0.15) is 17.5 Å². The first kappa shape index (κ1) is 24.0. The molecule has 6 nitrogen and oxygen atoms in total. The Morgan fingerprint density at radius 3 is 2.44 bits per heavy atom. The second kappa shape index (κ2) is 9.37. The summed E-state index contributed by atoms with van der Waals surface area (Å²) >= 11 is 12.1. The molecule has 0 spiro atoms. The topological polar surface area (TPSA) is 70.7 Å². The summed E-state index contributed by atoms with van der Waals surface area (Å²) in [6.45, 7) is 3.11. The number of benzene rings is 3. The Balaban J connectivity index is 1.89. The molecule has 0 atom stereocenters. The molecule has 1 aromatic heterocycles. The molecule has 0 amide bonds. The van der Waals surface area contributed by atoms with Crippen molar-refractivity contribution >= 4 is 40.7 Å². The minimum Gasteiger partial charge on any atom is -0.476 e. The van der Waals surface area contributed by atoms with Gasteiger partial charge in [-0.2, -0.15) is 0 Å². The van der Waals surface area contributed by atoms with Gasteiger partial charge in [-0.05, 0) is 49.4 Å². The van der Waals surface area contributed by atoms with Crippen LogP contribution in [0.25, 0.3) is 28.3 Å². The monoisotopic (exact) mass is 526 g/mol. The fourth-order valence-corrected chi connectivity index (χ4v) is 4.66. The Labute approximate surface area is 215 Å². The average Bonchev–Trinajstić information content (AvgIpc) is 3.46. The number of amidine groups is 1. The van der Waals surface area contributed by atoms with Crippen LogP contribution in [0.15, 0.2) is 65.7 Å². The number of aromatic carboxylic acids is 1. The highest BCUT2D eigenvalue weighted by Gasteiger charge is 2.30. The van der Waals surface area contributed by atoms with E-state index in [1.54, 1.807) is 18.2 Å². The maximum Gasteiger partial charge on any atom is 0.356 e. The number of aliphatic imine (C=N–C) groups is 1. The van der Waals surface area contributed by atoms with Crippen molar-refractivity contribution in [3.05, 3.63) is 88.0 Å². The van der Waals surface area contributed by atoms with Crippen molar-refractivity contribution in [2.75, 3.05) is 18.0 Å². The van der Waals surface area contributed by atoms with Crippen molar-refractivity contribution < 1.29 is 18.7 Å². The summed E-state index contributed by atoms with van der Waals surface area (Å²) in [5, 5.41) is 9.73. The quantitative estimate of drug-likeness (QED) is 0.313. The lowest BCUT2D eigenvalue weighted by Crippen LogP contribution is -2.25. The first-order valence-electron chi connectivity index (χ1n) is 10.9. The normalized spacial score (nSPS) is 13.2. The summed E-state index contributed by atoms with van der Waals surface area (Å²) in [5.41, 5.74) is 1.18. The van der Waals surface area contributed by atoms with E-state index in [9.17, 15) is 14.3 Å². The molecular weight excluding hydrogens is 509 g/mol. The van der Waals surface area contributed by atoms with E-state index in [-0.39, 0.29) is 38.5 Å². The Morgan fingerprint density at radius 2 is 1.75 bits per heavy atom. The van der Waals surface area contributed by atoms with Gasteiger partial charge in [0.25, 0.3) is 0 Å². The van der Waals surface area contributed by atoms with Gasteiger partial charge in [0.15, 0.2) is 11.5 Å². The van der Waals surface area contributed by atoms with Gasteiger partial charge in [-0.3, -0.25) is 9.56 Å². The number of carbonyl (C=O) groups is 1. The summed E-state index contributed by atoms with van der Waals surface area (Å²) in [6, 6.07) is 15.4. The van der Waals surface area contributed by atoms with E-state index in [1.807, 2.05) is 24.0 Å². The van der Waals surface area contributed by atoms with Crippen molar-refractivity contribution in [1.82, 2.24) is 9.55 Å². The average molecular weight is 527 g/mol. The van der Waals surface area contributed by atoms with Crippen molar-refractivity contribution in [2.45, 2.75) is 6.92 Å². The summed E-state index contributed by atoms with van der Waals surface area (Å²) in [7, 11) is 0. The van der Waals surface area contributed by atoms with E-state index < -0.39 is 17.6 Å². The molecule has 182 valence electrons. The Morgan fingerprint density at radius 1 is 1.00 bits per heavy atom. The Hall–Kier alpha value is -3.75. The van der Waals surface area contributed by atoms with E-state index in [2.05, 4.69) is 9.98 Å². The predicted octanol–water partition coefficient (Wildman–Crippen LogP) is 6.73.